The van der Waals surface area contributed by atoms with E-state index in [2.05, 4.69) is 9.72 Å². The van der Waals surface area contributed by atoms with Crippen molar-refractivity contribution < 1.29 is 19.2 Å². The molecule has 1 amide bonds. The molecule has 12 nitrogen and oxygen atoms in total. The third kappa shape index (κ3) is 5.64. The minimum Gasteiger partial charge on any atom is -0.465 e. The number of carbonyl (C=O) groups excluding carboxylic acids is 2. The molecule has 0 unspecified atom stereocenters. The number of ether oxygens (including phenoxy) is 1. The number of amides is 1. The molecule has 178 valence electrons. The van der Waals surface area contributed by atoms with Gasteiger partial charge in [0.1, 0.15) is 5.82 Å². The molecule has 33 heavy (non-hydrogen) atoms. The number of nitrogen functional groups attached to an aromatic ring is 1. The Bertz CT molecular complexity index is 1200. The summed E-state index contributed by atoms with van der Waals surface area (Å²) < 4.78 is 5.78. The van der Waals surface area contributed by atoms with Gasteiger partial charge in [0.15, 0.2) is 5.69 Å². The first-order valence-corrected chi connectivity index (χ1v) is 10.2. The molecule has 0 spiro atoms. The van der Waals surface area contributed by atoms with Crippen molar-refractivity contribution in [3.05, 3.63) is 60.3 Å². The van der Waals surface area contributed by atoms with Crippen LogP contribution in [0.5, 0.6) is 0 Å². The first-order chi connectivity index (χ1) is 15.4. The standard InChI is InChI=1S/C21H27N5O7/c1-11(2)9-24(16-17(22)25(10-12(3)4)21(30)23-18(16)27)19(28)13-6-14(20(29)33-5)8-15(7-13)26(31)32/h6-8,11-12H,9-10,22H2,1-5H3,(H,23,27,30). The van der Waals surface area contributed by atoms with Crippen molar-refractivity contribution in [2.45, 2.75) is 34.2 Å². The van der Waals surface area contributed by atoms with Gasteiger partial charge in [-0.15, -0.1) is 0 Å². The summed E-state index contributed by atoms with van der Waals surface area (Å²) >= 11 is 0. The zero-order chi connectivity index (χ0) is 25.0. The second-order valence-corrected chi connectivity index (χ2v) is 8.32. The second-order valence-electron chi connectivity index (χ2n) is 8.32. The van der Waals surface area contributed by atoms with Crippen molar-refractivity contribution in [3.8, 4) is 0 Å². The van der Waals surface area contributed by atoms with E-state index in [1.165, 1.54) is 0 Å². The van der Waals surface area contributed by atoms with Gasteiger partial charge in [0.25, 0.3) is 17.2 Å². The minimum absolute atomic E-state index is 0.0115. The number of rotatable bonds is 8. The lowest BCUT2D eigenvalue weighted by Gasteiger charge is -2.26. The molecule has 0 saturated carbocycles. The van der Waals surface area contributed by atoms with Gasteiger partial charge >= 0.3 is 11.7 Å². The summed E-state index contributed by atoms with van der Waals surface area (Å²) in [6, 6.07) is 3.12. The zero-order valence-electron chi connectivity index (χ0n) is 19.1. The molecule has 2 rings (SSSR count). The lowest BCUT2D eigenvalue weighted by atomic mass is 10.1. The van der Waals surface area contributed by atoms with Crippen LogP contribution in [0.1, 0.15) is 48.4 Å². The Balaban J connectivity index is 2.75. The normalized spacial score (nSPS) is 11.0. The van der Waals surface area contributed by atoms with Crippen LogP contribution in [0.4, 0.5) is 17.2 Å². The van der Waals surface area contributed by atoms with Crippen molar-refractivity contribution in [2.75, 3.05) is 24.3 Å². The third-order valence-electron chi connectivity index (χ3n) is 4.62. The van der Waals surface area contributed by atoms with Crippen LogP contribution in [0.2, 0.25) is 0 Å². The molecule has 0 fully saturated rings. The third-order valence-corrected chi connectivity index (χ3v) is 4.62. The summed E-state index contributed by atoms with van der Waals surface area (Å²) in [7, 11) is 1.10. The number of nitro groups is 1. The molecular weight excluding hydrogens is 434 g/mol. The average molecular weight is 461 g/mol. The average Bonchev–Trinajstić information content (AvgIpc) is 2.73. The van der Waals surface area contributed by atoms with Crippen molar-refractivity contribution in [1.82, 2.24) is 9.55 Å². The first kappa shape index (κ1) is 25.3. The van der Waals surface area contributed by atoms with Crippen LogP contribution in [0.3, 0.4) is 0 Å². The van der Waals surface area contributed by atoms with Gasteiger partial charge in [0.2, 0.25) is 0 Å². The maximum atomic E-state index is 13.5. The number of aromatic amines is 1. The van der Waals surface area contributed by atoms with Gasteiger partial charge in [-0.3, -0.25) is 29.3 Å². The quantitative estimate of drug-likeness (QED) is 0.340. The molecule has 0 atom stereocenters. The highest BCUT2D eigenvalue weighted by atomic mass is 16.6. The molecule has 0 saturated heterocycles. The Kier molecular flexibility index (Phi) is 7.75. The number of H-pyrrole nitrogens is 1. The van der Waals surface area contributed by atoms with Crippen molar-refractivity contribution in [3.63, 3.8) is 0 Å². The molecule has 0 aliphatic heterocycles. The summed E-state index contributed by atoms with van der Waals surface area (Å²) in [5.74, 6) is -2.00. The fourth-order valence-electron chi connectivity index (χ4n) is 3.26. The fraction of sp³-hybridized carbons (Fsp3) is 0.429. The van der Waals surface area contributed by atoms with Crippen LogP contribution in [0.15, 0.2) is 27.8 Å². The summed E-state index contributed by atoms with van der Waals surface area (Å²) in [4.78, 5) is 64.4. The lowest BCUT2D eigenvalue weighted by molar-refractivity contribution is -0.384. The van der Waals surface area contributed by atoms with Gasteiger partial charge in [0.05, 0.1) is 17.6 Å². The van der Waals surface area contributed by atoms with Crippen LogP contribution in [-0.4, -0.2) is 40.0 Å². The molecule has 1 aromatic heterocycles. The van der Waals surface area contributed by atoms with Gasteiger partial charge in [-0.2, -0.15) is 0 Å². The number of aromatic nitrogens is 2. The summed E-state index contributed by atoms with van der Waals surface area (Å²) in [6.07, 6.45) is 0. The number of hydrogen-bond acceptors (Lipinski definition) is 8. The second kappa shape index (κ2) is 10.1. The van der Waals surface area contributed by atoms with Gasteiger partial charge in [-0.05, 0) is 17.9 Å². The highest BCUT2D eigenvalue weighted by Crippen LogP contribution is 2.24. The Morgan fingerprint density at radius 1 is 1.15 bits per heavy atom. The smallest absolute Gasteiger partial charge is 0.338 e. The van der Waals surface area contributed by atoms with Crippen LogP contribution in [0, 0.1) is 22.0 Å². The fourth-order valence-corrected chi connectivity index (χ4v) is 3.26. The molecule has 1 aromatic carbocycles. The molecular formula is C21H27N5O7. The number of benzene rings is 1. The number of esters is 1. The van der Waals surface area contributed by atoms with Gasteiger partial charge in [0, 0.05) is 30.8 Å². The summed E-state index contributed by atoms with van der Waals surface area (Å²) in [5, 5.41) is 11.4. The Labute approximate surface area is 189 Å². The van der Waals surface area contributed by atoms with Crippen LogP contribution in [0.25, 0.3) is 0 Å². The SMILES string of the molecule is COC(=O)c1cc(C(=O)N(CC(C)C)c2c(N)n(CC(C)C)c(=O)[nH]c2=O)cc([N+](=O)[O-])c1. The van der Waals surface area contributed by atoms with E-state index in [1.807, 2.05) is 13.8 Å². The molecule has 2 aromatic rings. The zero-order valence-corrected chi connectivity index (χ0v) is 19.1. The van der Waals surface area contributed by atoms with Crippen molar-refractivity contribution >= 4 is 29.1 Å². The summed E-state index contributed by atoms with van der Waals surface area (Å²) in [5.41, 5.74) is 3.42. The number of nitrogens with one attached hydrogen (secondary N) is 1. The van der Waals surface area contributed by atoms with Crippen molar-refractivity contribution in [2.24, 2.45) is 11.8 Å². The highest BCUT2D eigenvalue weighted by molar-refractivity contribution is 6.08. The number of nitro benzene ring substituents is 1. The van der Waals surface area contributed by atoms with E-state index in [1.54, 1.807) is 13.8 Å². The maximum Gasteiger partial charge on any atom is 0.338 e. The maximum absolute atomic E-state index is 13.5. The first-order valence-electron chi connectivity index (χ1n) is 10.2. The topological polar surface area (TPSA) is 171 Å². The Hall–Kier alpha value is -3.96. The predicted molar refractivity (Wildman–Crippen MR) is 122 cm³/mol. The largest absolute Gasteiger partial charge is 0.465 e. The number of non-ortho nitro benzene ring substituents is 1. The molecule has 0 aliphatic carbocycles. The Morgan fingerprint density at radius 2 is 1.76 bits per heavy atom. The van der Waals surface area contributed by atoms with Crippen molar-refractivity contribution in [1.29, 1.82) is 0 Å². The number of carbonyl (C=O) groups is 2. The van der Waals surface area contributed by atoms with E-state index < -0.39 is 33.7 Å². The number of hydrogen-bond donors (Lipinski definition) is 2. The van der Waals surface area contributed by atoms with E-state index in [0.29, 0.717) is 0 Å². The Morgan fingerprint density at radius 3 is 2.27 bits per heavy atom. The van der Waals surface area contributed by atoms with E-state index in [-0.39, 0.29) is 47.6 Å². The lowest BCUT2D eigenvalue weighted by Crippen LogP contribution is -2.43. The van der Waals surface area contributed by atoms with Crippen LogP contribution < -0.4 is 21.9 Å². The number of nitrogens with zero attached hydrogens (tertiary/aromatic N) is 3. The molecule has 0 radical (unpaired) electrons. The number of nitrogens with two attached hydrogens (primary N) is 1. The van der Waals surface area contributed by atoms with E-state index >= 15 is 0 Å². The van der Waals surface area contributed by atoms with Gasteiger partial charge in [-0.25, -0.2) is 9.59 Å². The molecule has 1 heterocycles. The molecule has 0 bridgehead atoms. The van der Waals surface area contributed by atoms with E-state index in [4.69, 9.17) is 5.73 Å². The number of anilines is 2. The van der Waals surface area contributed by atoms with Gasteiger partial charge in [-0.1, -0.05) is 27.7 Å². The van der Waals surface area contributed by atoms with Crippen LogP contribution >= 0.6 is 0 Å². The molecule has 0 aliphatic rings. The van der Waals surface area contributed by atoms with Gasteiger partial charge < -0.3 is 15.4 Å². The molecule has 12 heteroatoms. The van der Waals surface area contributed by atoms with E-state index in [9.17, 15) is 29.3 Å². The molecule has 3 N–H and O–H groups in total. The summed E-state index contributed by atoms with van der Waals surface area (Å²) in [6.45, 7) is 7.50. The number of methoxy groups -OCH3 is 1. The minimum atomic E-state index is -0.870. The highest BCUT2D eigenvalue weighted by Gasteiger charge is 2.28. The van der Waals surface area contributed by atoms with Crippen LogP contribution in [-0.2, 0) is 11.3 Å². The van der Waals surface area contributed by atoms with E-state index in [0.717, 1.165) is 34.8 Å². The predicted octanol–water partition coefficient (Wildman–Crippen LogP) is 1.77. The monoisotopic (exact) mass is 461 g/mol.